The van der Waals surface area contributed by atoms with Crippen LogP contribution in [0.15, 0.2) is 69.9 Å². The van der Waals surface area contributed by atoms with Crippen LogP contribution in [0.2, 0.25) is 0 Å². The summed E-state index contributed by atoms with van der Waals surface area (Å²) < 4.78 is 64.5. The highest BCUT2D eigenvalue weighted by Crippen LogP contribution is 2.42. The van der Waals surface area contributed by atoms with Gasteiger partial charge in [-0.3, -0.25) is 4.79 Å². The molecule has 26 nitrogen and oxygen atoms in total. The number of fused-ring (bicyclic) bond motifs is 1. The van der Waals surface area contributed by atoms with E-state index < -0.39 is 169 Å². The van der Waals surface area contributed by atoms with Crippen molar-refractivity contribution >= 4 is 23.0 Å². The molecule has 8 rings (SSSR count). The molecule has 0 amide bonds. The van der Waals surface area contributed by atoms with Crippen LogP contribution in [0, 0.1) is 0 Å². The summed E-state index contributed by atoms with van der Waals surface area (Å²) in [6.07, 6.45) is -32.1. The van der Waals surface area contributed by atoms with Gasteiger partial charge < -0.3 is 118 Å². The summed E-state index contributed by atoms with van der Waals surface area (Å²) in [5, 5.41) is 139. The number of esters is 1. The van der Waals surface area contributed by atoms with Gasteiger partial charge in [0.2, 0.25) is 23.8 Å². The van der Waals surface area contributed by atoms with E-state index in [9.17, 15) is 76.0 Å². The molecule has 0 bridgehead atoms. The van der Waals surface area contributed by atoms with Gasteiger partial charge in [0.05, 0.1) is 32.0 Å². The zero-order chi connectivity index (χ0) is 54.3. The minimum Gasteiger partial charge on any atom is -0.508 e. The third kappa shape index (κ3) is 11.5. The summed E-state index contributed by atoms with van der Waals surface area (Å²) in [4.78, 5) is 28.5. The Hall–Kier alpha value is -5.76. The first-order valence-corrected chi connectivity index (χ1v) is 23.5. The average Bonchev–Trinajstić information content (AvgIpc) is 3.38. The number of aliphatic hydroxyl groups excluding tert-OH is 10. The number of phenolic OH excluding ortho intramolecular Hbond substituents is 3. The molecule has 26 heteroatoms. The van der Waals surface area contributed by atoms with Crippen molar-refractivity contribution in [3.05, 3.63) is 76.5 Å². The fourth-order valence-electron chi connectivity index (χ4n) is 8.76. The molecule has 13 N–H and O–H groups in total. The van der Waals surface area contributed by atoms with Gasteiger partial charge in [-0.05, 0) is 62.7 Å². The molecule has 0 radical (unpaired) electrons. The molecule has 4 saturated heterocycles. The number of hydrogen-bond donors (Lipinski definition) is 13. The molecule has 3 aromatic carbocycles. The quantitative estimate of drug-likeness (QED) is 0.0477. The van der Waals surface area contributed by atoms with Crippen LogP contribution in [-0.4, -0.2) is 209 Å². The normalized spacial score (nSPS) is 36.3. The Balaban J connectivity index is 1.23. The van der Waals surface area contributed by atoms with E-state index in [0.717, 1.165) is 24.3 Å². The van der Waals surface area contributed by atoms with Gasteiger partial charge in [0, 0.05) is 23.8 Å². The van der Waals surface area contributed by atoms with Crippen molar-refractivity contribution in [3.63, 3.8) is 0 Å². The monoisotopic (exact) mass is 1060 g/mol. The molecule has 4 aliphatic rings. The average molecular weight is 1060 g/mol. The van der Waals surface area contributed by atoms with Crippen LogP contribution < -0.4 is 19.6 Å². The summed E-state index contributed by atoms with van der Waals surface area (Å²) >= 11 is 0. The Morgan fingerprint density at radius 3 is 1.83 bits per heavy atom. The van der Waals surface area contributed by atoms with Crippen molar-refractivity contribution in [2.75, 3.05) is 13.7 Å². The summed E-state index contributed by atoms with van der Waals surface area (Å²) in [5.74, 6) is -4.11. The van der Waals surface area contributed by atoms with Crippen LogP contribution >= 0.6 is 0 Å². The maximum atomic E-state index is 14.9. The van der Waals surface area contributed by atoms with Crippen LogP contribution in [0.1, 0.15) is 26.3 Å². The molecule has 4 fully saturated rings. The molecule has 4 aliphatic heterocycles. The Labute approximate surface area is 424 Å². The fourth-order valence-corrected chi connectivity index (χ4v) is 8.76. The summed E-state index contributed by atoms with van der Waals surface area (Å²) in [7, 11) is 1.22. The first-order chi connectivity index (χ1) is 35.6. The standard InChI is InChI=1S/C49H58O26/c1-17-31(54)35(58)38(61)46(67-17)66-16-28-43(73-29(53)12-7-20-5-9-22(50)10-6-20)41(64)45(75-48-40(63)37(60)33(56)19(3)69-48)49(72-28)74-44-34(57)30-25(52)14-23(70-47-39(62)36(59)32(55)18(2)68-47)15-27(30)71-42(44)21-8-11-24(51)26(13-21)65-4/h5-15,17-19,28,31-33,35-41,43,45-52,54-56,58-64H,16H2,1-4H3/t17-,18-,19-,28-,31-,32-,33-,35+,36+,37+,38+,39+,40+,41+,43+,45-,46+,47+,48+,49+/m1/s1. The van der Waals surface area contributed by atoms with Gasteiger partial charge in [0.1, 0.15) is 95.4 Å². The summed E-state index contributed by atoms with van der Waals surface area (Å²) in [5.41, 5.74) is -1.21. The van der Waals surface area contributed by atoms with Gasteiger partial charge in [-0.15, -0.1) is 0 Å². The lowest BCUT2D eigenvalue weighted by atomic mass is 9.97. The van der Waals surface area contributed by atoms with Gasteiger partial charge in [0.15, 0.2) is 42.0 Å². The van der Waals surface area contributed by atoms with Gasteiger partial charge in [-0.1, -0.05) is 12.1 Å². The Morgan fingerprint density at radius 2 is 1.20 bits per heavy atom. The molecule has 75 heavy (non-hydrogen) atoms. The van der Waals surface area contributed by atoms with E-state index in [1.54, 1.807) is 0 Å². The third-order valence-electron chi connectivity index (χ3n) is 13.1. The van der Waals surface area contributed by atoms with E-state index in [0.29, 0.717) is 5.56 Å². The van der Waals surface area contributed by atoms with Crippen molar-refractivity contribution in [2.45, 2.75) is 144 Å². The van der Waals surface area contributed by atoms with E-state index in [1.807, 2.05) is 0 Å². The van der Waals surface area contributed by atoms with Crippen LogP contribution in [-0.2, 0) is 38.0 Å². The summed E-state index contributed by atoms with van der Waals surface area (Å²) in [6.45, 7) is 3.30. The molecule has 1 aromatic heterocycles. The number of carbonyl (C=O) groups is 1. The van der Waals surface area contributed by atoms with Crippen LogP contribution in [0.3, 0.4) is 0 Å². The zero-order valence-electron chi connectivity index (χ0n) is 40.2. The second-order valence-corrected chi connectivity index (χ2v) is 18.4. The number of ether oxygens (including phenoxy) is 10. The molecular weight excluding hydrogens is 1000 g/mol. The fraction of sp³-hybridized carbons (Fsp3) is 0.510. The molecule has 0 spiro atoms. The molecule has 410 valence electrons. The van der Waals surface area contributed by atoms with Crippen LogP contribution in [0.25, 0.3) is 28.4 Å². The Bertz CT molecular complexity index is 2710. The van der Waals surface area contributed by atoms with E-state index in [4.69, 9.17) is 51.8 Å². The second kappa shape index (κ2) is 22.8. The molecular formula is C49H58O26. The number of aromatic hydroxyl groups is 3. The van der Waals surface area contributed by atoms with E-state index >= 15 is 0 Å². The number of methoxy groups -OCH3 is 1. The third-order valence-corrected chi connectivity index (χ3v) is 13.1. The highest BCUT2D eigenvalue weighted by Gasteiger charge is 2.54. The molecule has 4 aromatic rings. The number of hydrogen-bond acceptors (Lipinski definition) is 26. The molecule has 5 heterocycles. The van der Waals surface area contributed by atoms with E-state index in [-0.39, 0.29) is 28.6 Å². The zero-order valence-corrected chi connectivity index (χ0v) is 40.2. The lowest BCUT2D eigenvalue weighted by molar-refractivity contribution is -0.360. The minimum absolute atomic E-state index is 0.0577. The van der Waals surface area contributed by atoms with Crippen LogP contribution in [0.4, 0.5) is 0 Å². The van der Waals surface area contributed by atoms with Gasteiger partial charge in [0.25, 0.3) is 0 Å². The second-order valence-electron chi connectivity index (χ2n) is 18.4. The summed E-state index contributed by atoms with van der Waals surface area (Å²) in [6, 6.07) is 11.3. The van der Waals surface area contributed by atoms with Gasteiger partial charge >= 0.3 is 5.97 Å². The maximum Gasteiger partial charge on any atom is 0.331 e. The molecule has 0 saturated carbocycles. The number of carbonyl (C=O) groups excluding carboxylic acids is 1. The van der Waals surface area contributed by atoms with Crippen molar-refractivity contribution in [3.8, 4) is 45.8 Å². The van der Waals surface area contributed by atoms with Crippen molar-refractivity contribution in [1.29, 1.82) is 0 Å². The highest BCUT2D eigenvalue weighted by atomic mass is 16.8. The Morgan fingerprint density at radius 1 is 0.613 bits per heavy atom. The van der Waals surface area contributed by atoms with Crippen molar-refractivity contribution in [2.24, 2.45) is 0 Å². The number of aliphatic hydroxyl groups is 10. The number of benzene rings is 3. The molecule has 20 atom stereocenters. The minimum atomic E-state index is -2.18. The molecule has 0 unspecified atom stereocenters. The van der Waals surface area contributed by atoms with Crippen LogP contribution in [0.5, 0.6) is 34.5 Å². The lowest BCUT2D eigenvalue weighted by Crippen LogP contribution is -2.65. The van der Waals surface area contributed by atoms with E-state index in [1.165, 1.54) is 70.4 Å². The van der Waals surface area contributed by atoms with Gasteiger partial charge in [-0.2, -0.15) is 0 Å². The maximum absolute atomic E-state index is 14.9. The Kier molecular flexibility index (Phi) is 16.9. The first-order valence-electron chi connectivity index (χ1n) is 23.5. The first kappa shape index (κ1) is 55.5. The van der Waals surface area contributed by atoms with Crippen molar-refractivity contribution in [1.82, 2.24) is 0 Å². The van der Waals surface area contributed by atoms with Gasteiger partial charge in [-0.25, -0.2) is 4.79 Å². The number of phenols is 3. The number of rotatable bonds is 14. The lowest BCUT2D eigenvalue weighted by Gasteiger charge is -2.47. The predicted octanol–water partition coefficient (Wildman–Crippen LogP) is -2.06. The van der Waals surface area contributed by atoms with E-state index in [2.05, 4.69) is 0 Å². The SMILES string of the molecule is COc1cc(-c2oc3cc(O[C@@H]4O[C@H](C)[C@@H](O)[C@H](O)[C@@H]4O)cc(O)c3c(=O)c2O[C@@H]2O[C@H](CO[C@H]3O[C@H](C)[C@@H](O)[C@H](O)[C@@H]3O)[C@H](OC(=O)C=Cc3ccc(O)cc3)[C@H](O)[C@H]2O[C@@H]2O[C@H](C)[C@@H](O)[C@H](O)[C@@H]2O)ccc1O. The largest absolute Gasteiger partial charge is 0.508 e. The topological polar surface area (TPSA) is 403 Å². The van der Waals surface area contributed by atoms with Crippen molar-refractivity contribution < 1.29 is 123 Å². The molecule has 0 aliphatic carbocycles. The highest BCUT2D eigenvalue weighted by molar-refractivity contribution is 5.89. The predicted molar refractivity (Wildman–Crippen MR) is 249 cm³/mol. The smallest absolute Gasteiger partial charge is 0.331 e.